The molecule has 148 valence electrons. The van der Waals surface area contributed by atoms with E-state index in [1.54, 1.807) is 6.07 Å². The Bertz CT molecular complexity index is 952. The molecule has 2 heterocycles. The zero-order valence-corrected chi connectivity index (χ0v) is 16.4. The smallest absolute Gasteiger partial charge is 0.272 e. The summed E-state index contributed by atoms with van der Waals surface area (Å²) in [5.41, 5.74) is 1.27. The Morgan fingerprint density at radius 1 is 1.00 bits per heavy atom. The number of rotatable bonds is 5. The highest BCUT2D eigenvalue weighted by Gasteiger charge is 2.22. The van der Waals surface area contributed by atoms with Crippen LogP contribution in [0.25, 0.3) is 0 Å². The van der Waals surface area contributed by atoms with Gasteiger partial charge in [0.1, 0.15) is 29.3 Å². The molecule has 1 aliphatic heterocycles. The van der Waals surface area contributed by atoms with Gasteiger partial charge in [-0.1, -0.05) is 25.1 Å². The second kappa shape index (κ2) is 8.73. The molecule has 0 aliphatic carbocycles. The zero-order chi connectivity index (χ0) is 20.1. The van der Waals surface area contributed by atoms with Crippen LogP contribution in [0.5, 0.6) is 11.5 Å². The molecule has 0 radical (unpaired) electrons. The quantitative estimate of drug-likeness (QED) is 0.674. The molecule has 1 amide bonds. The number of carbonyl (C=O) groups excluding carboxylic acids is 1. The average molecular weight is 388 g/mol. The van der Waals surface area contributed by atoms with Gasteiger partial charge in [0.2, 0.25) is 0 Å². The number of anilines is 2. The van der Waals surface area contributed by atoms with Gasteiger partial charge < -0.3 is 15.0 Å². The molecule has 3 aromatic rings. The highest BCUT2D eigenvalue weighted by Crippen LogP contribution is 2.24. The molecule has 1 saturated heterocycles. The van der Waals surface area contributed by atoms with Gasteiger partial charge in [0, 0.05) is 24.8 Å². The predicted molar refractivity (Wildman–Crippen MR) is 113 cm³/mol. The number of aromatic nitrogens is 2. The number of ether oxygens (including phenoxy) is 1. The van der Waals surface area contributed by atoms with Crippen molar-refractivity contribution < 1.29 is 9.53 Å². The van der Waals surface area contributed by atoms with Crippen molar-refractivity contribution in [3.8, 4) is 11.5 Å². The van der Waals surface area contributed by atoms with Crippen LogP contribution < -0.4 is 10.1 Å². The number of para-hydroxylation sites is 1. The lowest BCUT2D eigenvalue weighted by Gasteiger charge is -2.30. The Labute approximate surface area is 170 Å². The van der Waals surface area contributed by atoms with Crippen LogP contribution in [0.15, 0.2) is 67.0 Å². The molecule has 0 spiro atoms. The number of piperidine rings is 1. The molecule has 4 rings (SSSR count). The summed E-state index contributed by atoms with van der Waals surface area (Å²) < 4.78 is 5.81. The van der Waals surface area contributed by atoms with E-state index in [1.807, 2.05) is 59.5 Å². The Balaban J connectivity index is 1.40. The Morgan fingerprint density at radius 2 is 1.69 bits per heavy atom. The highest BCUT2D eigenvalue weighted by atomic mass is 16.5. The summed E-state index contributed by atoms with van der Waals surface area (Å²) in [4.78, 5) is 23.0. The van der Waals surface area contributed by atoms with Crippen LogP contribution in [-0.4, -0.2) is 33.9 Å². The Hall–Kier alpha value is -3.41. The molecule has 0 saturated carbocycles. The molecule has 0 bridgehead atoms. The maximum absolute atomic E-state index is 12.7. The first-order valence-corrected chi connectivity index (χ1v) is 9.89. The summed E-state index contributed by atoms with van der Waals surface area (Å²) in [6.07, 6.45) is 3.51. The van der Waals surface area contributed by atoms with Gasteiger partial charge in [0.05, 0.1) is 0 Å². The number of likely N-dealkylation sites (tertiary alicyclic amines) is 1. The third-order valence-corrected chi connectivity index (χ3v) is 5.06. The average Bonchev–Trinajstić information content (AvgIpc) is 2.76. The van der Waals surface area contributed by atoms with E-state index in [0.29, 0.717) is 17.4 Å². The molecule has 1 fully saturated rings. The van der Waals surface area contributed by atoms with Gasteiger partial charge >= 0.3 is 0 Å². The fraction of sp³-hybridized carbons (Fsp3) is 0.261. The Kier molecular flexibility index (Phi) is 5.70. The fourth-order valence-corrected chi connectivity index (χ4v) is 3.30. The monoisotopic (exact) mass is 388 g/mol. The van der Waals surface area contributed by atoms with E-state index < -0.39 is 0 Å². The SMILES string of the molecule is CC1CCN(C(=O)c2cc(Nc3ccc(Oc4ccccc4)cc3)ncn2)CC1. The second-order valence-corrected chi connectivity index (χ2v) is 7.33. The van der Waals surface area contributed by atoms with Gasteiger partial charge in [0.15, 0.2) is 0 Å². The van der Waals surface area contributed by atoms with Gasteiger partial charge in [-0.3, -0.25) is 4.79 Å². The minimum atomic E-state index is -0.0334. The topological polar surface area (TPSA) is 67.4 Å². The third kappa shape index (κ3) is 4.90. The van der Waals surface area contributed by atoms with E-state index >= 15 is 0 Å². The second-order valence-electron chi connectivity index (χ2n) is 7.33. The number of nitrogens with one attached hydrogen (secondary N) is 1. The summed E-state index contributed by atoms with van der Waals surface area (Å²) in [5.74, 6) is 2.77. The predicted octanol–water partition coefficient (Wildman–Crippen LogP) is 4.88. The third-order valence-electron chi connectivity index (χ3n) is 5.06. The van der Waals surface area contributed by atoms with Crippen LogP contribution in [0, 0.1) is 5.92 Å². The van der Waals surface area contributed by atoms with Crippen molar-refractivity contribution in [1.82, 2.24) is 14.9 Å². The summed E-state index contributed by atoms with van der Waals surface area (Å²) in [7, 11) is 0. The van der Waals surface area contributed by atoms with Crippen LogP contribution in [0.4, 0.5) is 11.5 Å². The molecular formula is C23H24N4O2. The lowest BCUT2D eigenvalue weighted by atomic mass is 9.99. The molecule has 0 unspecified atom stereocenters. The minimum absolute atomic E-state index is 0.0334. The van der Waals surface area contributed by atoms with Gasteiger partial charge in [-0.25, -0.2) is 9.97 Å². The van der Waals surface area contributed by atoms with Crippen molar-refractivity contribution in [2.75, 3.05) is 18.4 Å². The fourth-order valence-electron chi connectivity index (χ4n) is 3.30. The van der Waals surface area contributed by atoms with E-state index in [0.717, 1.165) is 43.1 Å². The first-order valence-electron chi connectivity index (χ1n) is 9.89. The van der Waals surface area contributed by atoms with Gasteiger partial charge in [0.25, 0.3) is 5.91 Å². The first kappa shape index (κ1) is 18.9. The zero-order valence-electron chi connectivity index (χ0n) is 16.4. The van der Waals surface area contributed by atoms with Crippen molar-refractivity contribution >= 4 is 17.4 Å². The minimum Gasteiger partial charge on any atom is -0.457 e. The summed E-state index contributed by atoms with van der Waals surface area (Å²) in [6, 6.07) is 18.9. The summed E-state index contributed by atoms with van der Waals surface area (Å²) in [5, 5.41) is 3.22. The van der Waals surface area contributed by atoms with Crippen molar-refractivity contribution in [2.45, 2.75) is 19.8 Å². The van der Waals surface area contributed by atoms with E-state index in [4.69, 9.17) is 4.74 Å². The molecule has 0 atom stereocenters. The van der Waals surface area contributed by atoms with E-state index in [1.165, 1.54) is 6.33 Å². The molecule has 1 aliphatic rings. The van der Waals surface area contributed by atoms with Crippen molar-refractivity contribution in [3.63, 3.8) is 0 Å². The van der Waals surface area contributed by atoms with Crippen LogP contribution in [0.2, 0.25) is 0 Å². The molecule has 6 heteroatoms. The highest BCUT2D eigenvalue weighted by molar-refractivity contribution is 5.93. The number of nitrogens with zero attached hydrogens (tertiary/aromatic N) is 3. The molecule has 1 N–H and O–H groups in total. The van der Waals surface area contributed by atoms with Crippen LogP contribution >= 0.6 is 0 Å². The number of carbonyl (C=O) groups is 1. The van der Waals surface area contributed by atoms with Gasteiger partial charge in [-0.2, -0.15) is 0 Å². The molecule has 29 heavy (non-hydrogen) atoms. The lowest BCUT2D eigenvalue weighted by molar-refractivity contribution is 0.0691. The summed E-state index contributed by atoms with van der Waals surface area (Å²) >= 11 is 0. The molecular weight excluding hydrogens is 364 g/mol. The van der Waals surface area contributed by atoms with E-state index in [2.05, 4.69) is 22.2 Å². The van der Waals surface area contributed by atoms with E-state index in [9.17, 15) is 4.79 Å². The van der Waals surface area contributed by atoms with Crippen molar-refractivity contribution in [1.29, 1.82) is 0 Å². The largest absolute Gasteiger partial charge is 0.457 e. The summed E-state index contributed by atoms with van der Waals surface area (Å²) in [6.45, 7) is 3.80. The first-order chi connectivity index (χ1) is 14.2. The number of hydrogen-bond acceptors (Lipinski definition) is 5. The standard InChI is InChI=1S/C23H24N4O2/c1-17-11-13-27(14-12-17)23(28)21-15-22(25-16-24-21)26-18-7-9-20(10-8-18)29-19-5-3-2-4-6-19/h2-10,15-17H,11-14H2,1H3,(H,24,25,26). The molecule has 6 nitrogen and oxygen atoms in total. The molecule has 1 aromatic heterocycles. The van der Waals surface area contributed by atoms with E-state index in [-0.39, 0.29) is 5.91 Å². The maximum atomic E-state index is 12.7. The molecule has 2 aromatic carbocycles. The van der Waals surface area contributed by atoms with Crippen LogP contribution in [-0.2, 0) is 0 Å². The van der Waals surface area contributed by atoms with Gasteiger partial charge in [-0.05, 0) is 55.2 Å². The Morgan fingerprint density at radius 3 is 2.41 bits per heavy atom. The maximum Gasteiger partial charge on any atom is 0.272 e. The van der Waals surface area contributed by atoms with Crippen molar-refractivity contribution in [2.24, 2.45) is 5.92 Å². The number of benzene rings is 2. The lowest BCUT2D eigenvalue weighted by Crippen LogP contribution is -2.38. The van der Waals surface area contributed by atoms with Crippen molar-refractivity contribution in [3.05, 3.63) is 72.7 Å². The number of hydrogen-bond donors (Lipinski definition) is 1. The number of amides is 1. The van der Waals surface area contributed by atoms with Crippen LogP contribution in [0.1, 0.15) is 30.3 Å². The normalized spacial score (nSPS) is 14.4. The van der Waals surface area contributed by atoms with Crippen LogP contribution in [0.3, 0.4) is 0 Å². The van der Waals surface area contributed by atoms with Gasteiger partial charge in [-0.15, -0.1) is 0 Å².